The number of benzene rings is 2. The van der Waals surface area contributed by atoms with Crippen LogP contribution in [0.5, 0.6) is 0 Å². The van der Waals surface area contributed by atoms with E-state index in [0.717, 1.165) is 36.6 Å². The Balaban J connectivity index is 1.34. The van der Waals surface area contributed by atoms with Crippen LogP contribution in [-0.4, -0.2) is 55.9 Å². The molecular weight excluding hydrogens is 450 g/mol. The van der Waals surface area contributed by atoms with E-state index in [4.69, 9.17) is 11.6 Å². The first-order chi connectivity index (χ1) is 15.1. The summed E-state index contributed by atoms with van der Waals surface area (Å²) in [6.07, 6.45) is 1.62. The third-order valence-corrected chi connectivity index (χ3v) is 7.13. The van der Waals surface area contributed by atoms with Gasteiger partial charge in [0.1, 0.15) is 6.33 Å². The van der Waals surface area contributed by atoms with Gasteiger partial charge >= 0.3 is 0 Å². The van der Waals surface area contributed by atoms with Crippen LogP contribution in [0.2, 0.25) is 5.02 Å². The maximum atomic E-state index is 12.5. The second kappa shape index (κ2) is 10.5. The molecule has 0 spiro atoms. The zero-order valence-electron chi connectivity index (χ0n) is 17.3. The van der Waals surface area contributed by atoms with Crippen LogP contribution in [0.15, 0.2) is 53.9 Å². The van der Waals surface area contributed by atoms with Crippen LogP contribution in [0.3, 0.4) is 0 Å². The van der Waals surface area contributed by atoms with E-state index in [1.54, 1.807) is 6.33 Å². The average Bonchev–Trinajstić information content (AvgIpc) is 3.24. The van der Waals surface area contributed by atoms with Gasteiger partial charge in [-0.1, -0.05) is 41.6 Å². The summed E-state index contributed by atoms with van der Waals surface area (Å²) in [5.41, 5.74) is 4.06. The van der Waals surface area contributed by atoms with Gasteiger partial charge in [-0.05, 0) is 42.3 Å². The van der Waals surface area contributed by atoms with Gasteiger partial charge in [0.15, 0.2) is 5.16 Å². The van der Waals surface area contributed by atoms with E-state index in [9.17, 15) is 4.79 Å². The Bertz CT molecular complexity index is 1050. The molecular formula is C22H24ClN5OS2. The monoisotopic (exact) mass is 473 g/mol. The van der Waals surface area contributed by atoms with E-state index in [-0.39, 0.29) is 11.7 Å². The molecule has 6 nitrogen and oxygen atoms in total. The Labute approximate surface area is 195 Å². The van der Waals surface area contributed by atoms with Crippen molar-refractivity contribution in [2.24, 2.45) is 0 Å². The Morgan fingerprint density at radius 3 is 2.84 bits per heavy atom. The standard InChI is InChI=1S/C22H24ClN5OS2/c1-16-11-17(13-27-7-9-30-10-8-27)5-6-20(16)25-21(29)14-31-22-26-24-15-28(22)19-4-2-3-18(23)12-19/h2-6,11-12,15H,7-10,13-14H2,1H3,(H,25,29). The Morgan fingerprint density at radius 2 is 2.06 bits per heavy atom. The molecule has 162 valence electrons. The second-order valence-electron chi connectivity index (χ2n) is 7.34. The SMILES string of the molecule is Cc1cc(CN2CCSCC2)ccc1NC(=O)CSc1nncn1-c1cccc(Cl)c1. The van der Waals surface area contributed by atoms with E-state index in [0.29, 0.717) is 10.2 Å². The first-order valence-electron chi connectivity index (χ1n) is 10.1. The molecule has 0 unspecified atom stereocenters. The highest BCUT2D eigenvalue weighted by Crippen LogP contribution is 2.23. The molecule has 1 N–H and O–H groups in total. The molecule has 1 aliphatic heterocycles. The number of anilines is 1. The summed E-state index contributed by atoms with van der Waals surface area (Å²) in [5, 5.41) is 12.4. The van der Waals surface area contributed by atoms with Crippen LogP contribution >= 0.6 is 35.1 Å². The van der Waals surface area contributed by atoms with Crippen molar-refractivity contribution < 1.29 is 4.79 Å². The van der Waals surface area contributed by atoms with Crippen molar-refractivity contribution in [2.75, 3.05) is 35.7 Å². The molecule has 1 aromatic heterocycles. The highest BCUT2D eigenvalue weighted by Gasteiger charge is 2.13. The lowest BCUT2D eigenvalue weighted by Gasteiger charge is -2.26. The third kappa shape index (κ3) is 6.04. The first kappa shape index (κ1) is 22.2. The fourth-order valence-corrected chi connectivity index (χ4v) is 5.32. The zero-order chi connectivity index (χ0) is 21.6. The van der Waals surface area contributed by atoms with Gasteiger partial charge in [0, 0.05) is 41.8 Å². The van der Waals surface area contributed by atoms with Crippen molar-refractivity contribution in [2.45, 2.75) is 18.6 Å². The molecule has 4 rings (SSSR count). The first-order valence-corrected chi connectivity index (χ1v) is 12.6. The molecule has 31 heavy (non-hydrogen) atoms. The lowest BCUT2D eigenvalue weighted by Crippen LogP contribution is -2.31. The number of hydrogen-bond donors (Lipinski definition) is 1. The van der Waals surface area contributed by atoms with Crippen LogP contribution in [0.1, 0.15) is 11.1 Å². The van der Waals surface area contributed by atoms with Crippen molar-refractivity contribution in [3.63, 3.8) is 0 Å². The van der Waals surface area contributed by atoms with Crippen LogP contribution < -0.4 is 5.32 Å². The van der Waals surface area contributed by atoms with Gasteiger partial charge in [-0.2, -0.15) is 11.8 Å². The highest BCUT2D eigenvalue weighted by atomic mass is 35.5. The van der Waals surface area contributed by atoms with Gasteiger partial charge in [-0.25, -0.2) is 0 Å². The molecule has 1 fully saturated rings. The summed E-state index contributed by atoms with van der Waals surface area (Å²) in [7, 11) is 0. The van der Waals surface area contributed by atoms with Gasteiger partial charge < -0.3 is 5.32 Å². The molecule has 0 saturated carbocycles. The molecule has 0 atom stereocenters. The zero-order valence-corrected chi connectivity index (χ0v) is 19.6. The summed E-state index contributed by atoms with van der Waals surface area (Å²) < 4.78 is 1.82. The molecule has 0 radical (unpaired) electrons. The predicted molar refractivity (Wildman–Crippen MR) is 130 cm³/mol. The molecule has 3 aromatic rings. The third-order valence-electron chi connectivity index (χ3n) is 5.01. The summed E-state index contributed by atoms with van der Waals surface area (Å²) in [6, 6.07) is 13.7. The lowest BCUT2D eigenvalue weighted by atomic mass is 10.1. The molecule has 1 saturated heterocycles. The topological polar surface area (TPSA) is 63.1 Å². The van der Waals surface area contributed by atoms with Crippen molar-refractivity contribution in [1.82, 2.24) is 19.7 Å². The van der Waals surface area contributed by atoms with Crippen LogP contribution in [0, 0.1) is 6.92 Å². The largest absolute Gasteiger partial charge is 0.325 e. The van der Waals surface area contributed by atoms with Crippen LogP contribution in [0.4, 0.5) is 5.69 Å². The smallest absolute Gasteiger partial charge is 0.234 e. The van der Waals surface area contributed by atoms with Crippen molar-refractivity contribution >= 4 is 46.7 Å². The van der Waals surface area contributed by atoms with Gasteiger partial charge in [0.2, 0.25) is 5.91 Å². The number of carbonyl (C=O) groups excluding carboxylic acids is 1. The number of carbonyl (C=O) groups is 1. The fraction of sp³-hybridized carbons (Fsp3) is 0.318. The minimum atomic E-state index is -0.0745. The number of aryl methyl sites for hydroxylation is 1. The Hall–Kier alpha value is -2.00. The van der Waals surface area contributed by atoms with Crippen molar-refractivity contribution in [3.8, 4) is 5.69 Å². The molecule has 1 amide bonds. The minimum Gasteiger partial charge on any atom is -0.325 e. The van der Waals surface area contributed by atoms with E-state index in [1.165, 1.54) is 28.8 Å². The minimum absolute atomic E-state index is 0.0745. The second-order valence-corrected chi connectivity index (χ2v) is 9.94. The van der Waals surface area contributed by atoms with Crippen molar-refractivity contribution in [3.05, 3.63) is 64.9 Å². The van der Waals surface area contributed by atoms with Crippen molar-refractivity contribution in [1.29, 1.82) is 0 Å². The quantitative estimate of drug-likeness (QED) is 0.509. The Morgan fingerprint density at radius 1 is 1.23 bits per heavy atom. The molecule has 2 heterocycles. The lowest BCUT2D eigenvalue weighted by molar-refractivity contribution is -0.113. The summed E-state index contributed by atoms with van der Waals surface area (Å²) in [4.78, 5) is 15.0. The van der Waals surface area contributed by atoms with Gasteiger partial charge in [0.05, 0.1) is 11.4 Å². The van der Waals surface area contributed by atoms with Gasteiger partial charge in [-0.3, -0.25) is 14.3 Å². The molecule has 0 aliphatic carbocycles. The number of aromatic nitrogens is 3. The number of halogens is 1. The van der Waals surface area contributed by atoms with E-state index >= 15 is 0 Å². The fourth-order valence-electron chi connectivity index (χ4n) is 3.42. The predicted octanol–water partition coefficient (Wildman–Crippen LogP) is 4.51. The number of thioether (sulfide) groups is 2. The maximum absolute atomic E-state index is 12.5. The highest BCUT2D eigenvalue weighted by molar-refractivity contribution is 7.99. The summed E-state index contributed by atoms with van der Waals surface area (Å²) in [5.74, 6) is 2.58. The van der Waals surface area contributed by atoms with Crippen LogP contribution in [0.25, 0.3) is 5.69 Å². The molecule has 1 aliphatic rings. The maximum Gasteiger partial charge on any atom is 0.234 e. The number of nitrogens with one attached hydrogen (secondary N) is 1. The van der Waals surface area contributed by atoms with Gasteiger partial charge in [0.25, 0.3) is 0 Å². The summed E-state index contributed by atoms with van der Waals surface area (Å²) >= 11 is 9.44. The molecule has 9 heteroatoms. The van der Waals surface area contributed by atoms with Gasteiger partial charge in [-0.15, -0.1) is 10.2 Å². The number of nitrogens with zero attached hydrogens (tertiary/aromatic N) is 4. The normalized spacial score (nSPS) is 14.5. The van der Waals surface area contributed by atoms with Crippen LogP contribution in [-0.2, 0) is 11.3 Å². The number of rotatable bonds is 7. The number of amides is 1. The van der Waals surface area contributed by atoms with E-state index < -0.39 is 0 Å². The summed E-state index contributed by atoms with van der Waals surface area (Å²) in [6.45, 7) is 5.27. The number of hydrogen-bond acceptors (Lipinski definition) is 6. The molecule has 2 aromatic carbocycles. The Kier molecular flexibility index (Phi) is 7.55. The van der Waals surface area contributed by atoms with E-state index in [1.807, 2.05) is 53.6 Å². The average molecular weight is 474 g/mol. The molecule has 0 bridgehead atoms. The van der Waals surface area contributed by atoms with E-state index in [2.05, 4.69) is 32.5 Å².